The molecule has 1 nitrogen and oxygen atoms in total. The lowest BCUT2D eigenvalue weighted by atomic mass is 10.4. The third kappa shape index (κ3) is 10.8. The van der Waals surface area contributed by atoms with Gasteiger partial charge in [-0.2, -0.15) is 0 Å². The van der Waals surface area contributed by atoms with Crippen LogP contribution in [0.3, 0.4) is 0 Å². The van der Waals surface area contributed by atoms with E-state index >= 15 is 0 Å². The van der Waals surface area contributed by atoms with Gasteiger partial charge in [-0.25, -0.2) is 0 Å². The first-order valence-electron chi connectivity index (χ1n) is 4.47. The Morgan fingerprint density at radius 1 is 1.18 bits per heavy atom. The van der Waals surface area contributed by atoms with Crippen LogP contribution < -0.4 is 0 Å². The van der Waals surface area contributed by atoms with Crippen molar-refractivity contribution in [3.63, 3.8) is 0 Å². The van der Waals surface area contributed by atoms with Gasteiger partial charge >= 0.3 is 0 Å². The van der Waals surface area contributed by atoms with Gasteiger partial charge in [-0.05, 0) is 6.42 Å². The average Bonchev–Trinajstić information content (AvgIpc) is 2.03. The second-order valence-corrected chi connectivity index (χ2v) is 4.69. The van der Waals surface area contributed by atoms with E-state index in [1.807, 2.05) is 0 Å². The molecule has 0 rings (SSSR count). The second kappa shape index (κ2) is 10.8. The van der Waals surface area contributed by atoms with E-state index in [0.29, 0.717) is 15.2 Å². The third-order valence-electron chi connectivity index (χ3n) is 1.64. The Morgan fingerprint density at radius 3 is 2.55 bits per heavy atom. The summed E-state index contributed by atoms with van der Waals surface area (Å²) in [5.41, 5.74) is 0. The van der Waals surface area contributed by atoms with E-state index in [1.54, 1.807) is 0 Å². The smallest absolute Gasteiger partial charge is 0.199 e. The van der Waals surface area contributed by atoms with Gasteiger partial charge in [0.25, 0.3) is 0 Å². The van der Waals surface area contributed by atoms with Gasteiger partial charge in [-0.3, -0.25) is 4.29 Å². The third-order valence-corrected chi connectivity index (χ3v) is 3.43. The van der Waals surface area contributed by atoms with Crippen molar-refractivity contribution in [3.05, 3.63) is 0 Å². The van der Waals surface area contributed by atoms with Crippen molar-refractivity contribution in [2.24, 2.45) is 0 Å². The highest BCUT2D eigenvalue weighted by Gasteiger charge is 1.92. The Hall–Kier alpha value is 0.782. The first-order chi connectivity index (χ1) is 5.41. The Bertz CT molecular complexity index is 63.1. The molecule has 0 saturated carbocycles. The summed E-state index contributed by atoms with van der Waals surface area (Å²) in [5, 5.41) is 2.89. The van der Waals surface area contributed by atoms with Crippen LogP contribution in [0.4, 0.5) is 0 Å². The molecule has 1 radical (unpaired) electrons. The Labute approximate surface area is 81.3 Å². The zero-order chi connectivity index (χ0) is 8.36. The molecule has 0 unspecified atom stereocenters. The number of rotatable bonds is 8. The minimum absolute atomic E-state index is 0.713. The minimum Gasteiger partial charge on any atom is -0.279 e. The maximum atomic E-state index is 5.07. The van der Waals surface area contributed by atoms with Crippen LogP contribution in [-0.2, 0) is 4.29 Å². The fourth-order valence-corrected chi connectivity index (χ4v) is 2.61. The molecular formula is C8H17AlClO. The molecular weight excluding hydrogens is 175 g/mol. The van der Waals surface area contributed by atoms with Crippen LogP contribution in [0, 0.1) is 0 Å². The molecule has 65 valence electrons. The molecule has 0 aliphatic heterocycles. The van der Waals surface area contributed by atoms with Crippen LogP contribution >= 0.6 is 11.9 Å². The highest BCUT2D eigenvalue weighted by Crippen LogP contribution is 2.01. The Kier molecular flexibility index (Phi) is 11.5. The Balaban J connectivity index is 2.69. The van der Waals surface area contributed by atoms with Gasteiger partial charge in [0.1, 0.15) is 0 Å². The zero-order valence-electron chi connectivity index (χ0n) is 7.31. The van der Waals surface area contributed by atoms with Crippen molar-refractivity contribution in [3.8, 4) is 0 Å². The van der Waals surface area contributed by atoms with Gasteiger partial charge in [0, 0.05) is 0 Å². The monoisotopic (exact) mass is 191 g/mol. The van der Waals surface area contributed by atoms with E-state index in [-0.39, 0.29) is 0 Å². The molecule has 0 aliphatic rings. The molecule has 0 atom stereocenters. The van der Waals surface area contributed by atoms with E-state index in [0.717, 1.165) is 13.0 Å². The van der Waals surface area contributed by atoms with Crippen LogP contribution in [0.1, 0.15) is 32.6 Å². The lowest BCUT2D eigenvalue weighted by Crippen LogP contribution is -1.91. The molecule has 0 N–H and O–H groups in total. The summed E-state index contributed by atoms with van der Waals surface area (Å²) in [6.45, 7) is 2.97. The summed E-state index contributed by atoms with van der Waals surface area (Å²) in [7, 11) is 0. The molecule has 3 heteroatoms. The summed E-state index contributed by atoms with van der Waals surface area (Å²) >= 11 is 5.78. The zero-order valence-corrected chi connectivity index (χ0v) is 9.22. The van der Waals surface area contributed by atoms with E-state index in [2.05, 4.69) is 11.2 Å². The van der Waals surface area contributed by atoms with Crippen molar-refractivity contribution >= 4 is 27.1 Å². The van der Waals surface area contributed by atoms with E-state index in [9.17, 15) is 0 Å². The van der Waals surface area contributed by atoms with Crippen LogP contribution in [0.5, 0.6) is 0 Å². The number of hydrogen-bond donors (Lipinski definition) is 0. The van der Waals surface area contributed by atoms with Crippen molar-refractivity contribution in [1.82, 2.24) is 0 Å². The van der Waals surface area contributed by atoms with Gasteiger partial charge in [0.05, 0.1) is 18.5 Å². The van der Waals surface area contributed by atoms with E-state index in [1.165, 1.54) is 29.8 Å². The van der Waals surface area contributed by atoms with Gasteiger partial charge < -0.3 is 0 Å². The van der Waals surface area contributed by atoms with Crippen LogP contribution in [0.2, 0.25) is 10.6 Å². The molecule has 0 saturated heterocycles. The van der Waals surface area contributed by atoms with Gasteiger partial charge in [0.15, 0.2) is 15.2 Å². The van der Waals surface area contributed by atoms with Crippen molar-refractivity contribution in [1.29, 1.82) is 0 Å². The summed E-state index contributed by atoms with van der Waals surface area (Å²) < 4.78 is 4.45. The SMILES string of the molecule is CCC[CH2][Al][CH2]CCCOCl. The second-order valence-electron chi connectivity index (χ2n) is 2.74. The number of hydrogen-bond acceptors (Lipinski definition) is 1. The molecule has 0 bridgehead atoms. The van der Waals surface area contributed by atoms with Crippen LogP contribution in [0.15, 0.2) is 0 Å². The van der Waals surface area contributed by atoms with Crippen LogP contribution in [0.25, 0.3) is 0 Å². The predicted molar refractivity (Wildman–Crippen MR) is 51.3 cm³/mol. The summed E-state index contributed by atoms with van der Waals surface area (Å²) in [6, 6.07) is 0. The molecule has 0 aromatic carbocycles. The van der Waals surface area contributed by atoms with E-state index < -0.39 is 0 Å². The first kappa shape index (κ1) is 11.8. The lowest BCUT2D eigenvalue weighted by molar-refractivity contribution is 0.341. The molecule has 0 amide bonds. The van der Waals surface area contributed by atoms with Crippen LogP contribution in [-0.4, -0.2) is 21.8 Å². The van der Waals surface area contributed by atoms with Gasteiger partial charge in [0.2, 0.25) is 0 Å². The fourth-order valence-electron chi connectivity index (χ4n) is 0.938. The van der Waals surface area contributed by atoms with Crippen molar-refractivity contribution < 1.29 is 4.29 Å². The van der Waals surface area contributed by atoms with Gasteiger partial charge in [-0.15, -0.1) is 10.6 Å². The molecule has 0 spiro atoms. The standard InChI is InChI=1S/C4H8ClO.C4H9.Al/c1-2-3-4-6-5;1-3-4-2;/h1-4H2;1,3-4H2,2H3;. The first-order valence-corrected chi connectivity index (χ1v) is 6.41. The fraction of sp³-hybridized carbons (Fsp3) is 1.00. The Morgan fingerprint density at radius 2 is 1.91 bits per heavy atom. The summed E-state index contributed by atoms with van der Waals surface area (Å²) in [6.07, 6.45) is 5.19. The summed E-state index contributed by atoms with van der Waals surface area (Å²) in [4.78, 5) is 0. The molecule has 0 fully saturated rings. The quantitative estimate of drug-likeness (QED) is 0.423. The number of unbranched alkanes of at least 4 members (excludes halogenated alkanes) is 2. The maximum absolute atomic E-state index is 5.07. The maximum Gasteiger partial charge on any atom is 0.199 e. The molecule has 0 aromatic heterocycles. The lowest BCUT2D eigenvalue weighted by Gasteiger charge is -1.96. The van der Waals surface area contributed by atoms with E-state index in [4.69, 9.17) is 11.9 Å². The molecule has 0 heterocycles. The molecule has 0 aliphatic carbocycles. The average molecular weight is 192 g/mol. The highest BCUT2D eigenvalue weighted by atomic mass is 35.5. The number of halogens is 1. The topological polar surface area (TPSA) is 9.23 Å². The van der Waals surface area contributed by atoms with Gasteiger partial charge in [-0.1, -0.05) is 26.2 Å². The normalized spacial score (nSPS) is 10.0. The summed E-state index contributed by atoms with van der Waals surface area (Å²) in [5.74, 6) is 0. The largest absolute Gasteiger partial charge is 0.279 e. The van der Waals surface area contributed by atoms with Crippen molar-refractivity contribution in [2.45, 2.75) is 43.2 Å². The minimum atomic E-state index is 0.713. The predicted octanol–water partition coefficient (Wildman–Crippen LogP) is 3.28. The molecule has 11 heavy (non-hydrogen) atoms. The molecule has 0 aromatic rings. The van der Waals surface area contributed by atoms with Crippen molar-refractivity contribution in [2.75, 3.05) is 6.61 Å². The highest BCUT2D eigenvalue weighted by molar-refractivity contribution is 6.35.